The minimum Gasteiger partial charge on any atom is -0.493 e. The van der Waals surface area contributed by atoms with E-state index in [2.05, 4.69) is 5.32 Å². The fraction of sp³-hybridized carbons (Fsp3) is 0.533. The standard InChI is InChI=1S/C15H24N2O3/c1-5-17(6-2)15(18)9-10-16-12-7-8-13(19-3)14(11-12)20-4/h7-8,11,16H,5-6,9-10H2,1-4H3. The van der Waals surface area contributed by atoms with Gasteiger partial charge in [-0.2, -0.15) is 0 Å². The predicted molar refractivity (Wildman–Crippen MR) is 80.6 cm³/mol. The van der Waals surface area contributed by atoms with Crippen molar-refractivity contribution in [2.24, 2.45) is 0 Å². The molecule has 0 saturated carbocycles. The van der Waals surface area contributed by atoms with Gasteiger partial charge in [0.25, 0.3) is 0 Å². The molecule has 20 heavy (non-hydrogen) atoms. The Morgan fingerprint density at radius 1 is 1.15 bits per heavy atom. The van der Waals surface area contributed by atoms with E-state index in [-0.39, 0.29) is 5.91 Å². The number of nitrogens with one attached hydrogen (secondary N) is 1. The summed E-state index contributed by atoms with van der Waals surface area (Å²) in [6, 6.07) is 5.61. The number of carbonyl (C=O) groups is 1. The van der Waals surface area contributed by atoms with Gasteiger partial charge in [0.1, 0.15) is 0 Å². The number of hydrogen-bond acceptors (Lipinski definition) is 4. The van der Waals surface area contributed by atoms with Crippen LogP contribution in [0.5, 0.6) is 11.5 Å². The van der Waals surface area contributed by atoms with Gasteiger partial charge >= 0.3 is 0 Å². The van der Waals surface area contributed by atoms with Crippen molar-refractivity contribution >= 4 is 11.6 Å². The number of amides is 1. The molecule has 1 N–H and O–H groups in total. The van der Waals surface area contributed by atoms with E-state index in [4.69, 9.17) is 9.47 Å². The monoisotopic (exact) mass is 280 g/mol. The maximum atomic E-state index is 11.9. The van der Waals surface area contributed by atoms with E-state index >= 15 is 0 Å². The number of hydrogen-bond donors (Lipinski definition) is 1. The summed E-state index contributed by atoms with van der Waals surface area (Å²) in [6.07, 6.45) is 0.482. The van der Waals surface area contributed by atoms with Gasteiger partial charge in [-0.05, 0) is 26.0 Å². The number of anilines is 1. The predicted octanol–water partition coefficient (Wildman–Crippen LogP) is 2.37. The van der Waals surface area contributed by atoms with E-state index in [9.17, 15) is 4.79 Å². The summed E-state index contributed by atoms with van der Waals surface area (Å²) in [5.41, 5.74) is 0.912. The molecule has 0 atom stereocenters. The molecule has 0 aliphatic carbocycles. The molecule has 5 nitrogen and oxygen atoms in total. The molecule has 0 unspecified atom stereocenters. The molecule has 1 aromatic rings. The normalized spacial score (nSPS) is 10.0. The van der Waals surface area contributed by atoms with Crippen molar-refractivity contribution < 1.29 is 14.3 Å². The first-order valence-corrected chi connectivity index (χ1v) is 6.89. The van der Waals surface area contributed by atoms with Crippen LogP contribution in [-0.4, -0.2) is 44.7 Å². The van der Waals surface area contributed by atoms with Gasteiger partial charge in [0, 0.05) is 37.8 Å². The van der Waals surface area contributed by atoms with Crippen molar-refractivity contribution in [2.75, 3.05) is 39.2 Å². The van der Waals surface area contributed by atoms with Crippen LogP contribution in [0.4, 0.5) is 5.69 Å². The Labute approximate surface area is 120 Å². The summed E-state index contributed by atoms with van der Waals surface area (Å²) < 4.78 is 10.4. The van der Waals surface area contributed by atoms with Crippen LogP contribution in [0.15, 0.2) is 18.2 Å². The van der Waals surface area contributed by atoms with Crippen LogP contribution < -0.4 is 14.8 Å². The second kappa shape index (κ2) is 8.30. The van der Waals surface area contributed by atoms with Crippen molar-refractivity contribution in [2.45, 2.75) is 20.3 Å². The molecule has 0 radical (unpaired) electrons. The number of rotatable bonds is 8. The zero-order valence-electron chi connectivity index (χ0n) is 12.7. The summed E-state index contributed by atoms with van der Waals surface area (Å²) in [5, 5.41) is 3.22. The molecule has 0 aromatic heterocycles. The third-order valence-corrected chi connectivity index (χ3v) is 3.17. The average molecular weight is 280 g/mol. The highest BCUT2D eigenvalue weighted by Crippen LogP contribution is 2.29. The summed E-state index contributed by atoms with van der Waals surface area (Å²) in [7, 11) is 3.21. The van der Waals surface area contributed by atoms with E-state index in [0.717, 1.165) is 18.8 Å². The largest absolute Gasteiger partial charge is 0.493 e. The molecule has 0 spiro atoms. The van der Waals surface area contributed by atoms with Gasteiger partial charge in [-0.3, -0.25) is 4.79 Å². The van der Waals surface area contributed by atoms with Crippen LogP contribution in [0.1, 0.15) is 20.3 Å². The Hall–Kier alpha value is -1.91. The van der Waals surface area contributed by atoms with Crippen molar-refractivity contribution in [1.29, 1.82) is 0 Å². The van der Waals surface area contributed by atoms with E-state index in [0.29, 0.717) is 24.5 Å². The third-order valence-electron chi connectivity index (χ3n) is 3.17. The highest BCUT2D eigenvalue weighted by atomic mass is 16.5. The molecule has 1 amide bonds. The lowest BCUT2D eigenvalue weighted by atomic mass is 10.2. The number of nitrogens with zero attached hydrogens (tertiary/aromatic N) is 1. The van der Waals surface area contributed by atoms with Gasteiger partial charge in [-0.25, -0.2) is 0 Å². The molecule has 1 aromatic carbocycles. The Bertz CT molecular complexity index is 431. The van der Waals surface area contributed by atoms with Crippen LogP contribution in [0.3, 0.4) is 0 Å². The smallest absolute Gasteiger partial charge is 0.224 e. The lowest BCUT2D eigenvalue weighted by molar-refractivity contribution is -0.130. The molecule has 0 bridgehead atoms. The van der Waals surface area contributed by atoms with Gasteiger partial charge in [0.05, 0.1) is 14.2 Å². The number of benzene rings is 1. The van der Waals surface area contributed by atoms with Crippen molar-refractivity contribution in [3.05, 3.63) is 18.2 Å². The minimum absolute atomic E-state index is 0.169. The molecule has 0 saturated heterocycles. The van der Waals surface area contributed by atoms with Crippen LogP contribution in [0.2, 0.25) is 0 Å². The third kappa shape index (κ3) is 4.33. The van der Waals surface area contributed by atoms with Gasteiger partial charge in [-0.1, -0.05) is 0 Å². The second-order valence-electron chi connectivity index (χ2n) is 4.31. The van der Waals surface area contributed by atoms with Gasteiger partial charge < -0.3 is 19.7 Å². The zero-order valence-corrected chi connectivity index (χ0v) is 12.7. The minimum atomic E-state index is 0.169. The highest BCUT2D eigenvalue weighted by molar-refractivity contribution is 5.76. The van der Waals surface area contributed by atoms with E-state index in [1.807, 2.05) is 36.9 Å². The summed E-state index contributed by atoms with van der Waals surface area (Å²) >= 11 is 0. The van der Waals surface area contributed by atoms with Crippen LogP contribution in [0.25, 0.3) is 0 Å². The molecular weight excluding hydrogens is 256 g/mol. The zero-order chi connectivity index (χ0) is 15.0. The van der Waals surface area contributed by atoms with Crippen LogP contribution in [-0.2, 0) is 4.79 Å². The van der Waals surface area contributed by atoms with Crippen LogP contribution >= 0.6 is 0 Å². The SMILES string of the molecule is CCN(CC)C(=O)CCNc1ccc(OC)c(OC)c1. The second-order valence-corrected chi connectivity index (χ2v) is 4.31. The summed E-state index contributed by atoms with van der Waals surface area (Å²) in [5.74, 6) is 1.54. The maximum Gasteiger partial charge on any atom is 0.224 e. The fourth-order valence-electron chi connectivity index (χ4n) is 1.99. The summed E-state index contributed by atoms with van der Waals surface area (Å²) in [4.78, 5) is 13.7. The molecular formula is C15H24N2O3. The lowest BCUT2D eigenvalue weighted by Crippen LogP contribution is -2.31. The Kier molecular flexibility index (Phi) is 6.70. The van der Waals surface area contributed by atoms with E-state index in [1.165, 1.54) is 0 Å². The quantitative estimate of drug-likeness (QED) is 0.794. The molecule has 0 fully saturated rings. The van der Waals surface area contributed by atoms with E-state index in [1.54, 1.807) is 14.2 Å². The first-order valence-electron chi connectivity index (χ1n) is 6.89. The van der Waals surface area contributed by atoms with Gasteiger partial charge in [-0.15, -0.1) is 0 Å². The van der Waals surface area contributed by atoms with Crippen molar-refractivity contribution in [1.82, 2.24) is 4.90 Å². The van der Waals surface area contributed by atoms with Gasteiger partial charge in [0.15, 0.2) is 11.5 Å². The first kappa shape index (κ1) is 16.1. The van der Waals surface area contributed by atoms with Crippen molar-refractivity contribution in [3.8, 4) is 11.5 Å². The molecule has 5 heteroatoms. The number of carbonyl (C=O) groups excluding carboxylic acids is 1. The highest BCUT2D eigenvalue weighted by Gasteiger charge is 2.09. The first-order chi connectivity index (χ1) is 9.65. The maximum absolute atomic E-state index is 11.9. The lowest BCUT2D eigenvalue weighted by Gasteiger charge is -2.18. The average Bonchev–Trinajstić information content (AvgIpc) is 2.48. The van der Waals surface area contributed by atoms with Crippen LogP contribution in [0, 0.1) is 0 Å². The molecule has 112 valence electrons. The number of ether oxygens (including phenoxy) is 2. The fourth-order valence-corrected chi connectivity index (χ4v) is 1.99. The Balaban J connectivity index is 2.52. The van der Waals surface area contributed by atoms with Crippen molar-refractivity contribution in [3.63, 3.8) is 0 Å². The molecule has 1 rings (SSSR count). The Morgan fingerprint density at radius 2 is 1.80 bits per heavy atom. The van der Waals surface area contributed by atoms with E-state index < -0.39 is 0 Å². The summed E-state index contributed by atoms with van der Waals surface area (Å²) in [6.45, 7) is 6.09. The molecule has 0 aliphatic rings. The van der Waals surface area contributed by atoms with Gasteiger partial charge in [0.2, 0.25) is 5.91 Å². The molecule has 0 heterocycles. The number of methoxy groups -OCH3 is 2. The molecule has 0 aliphatic heterocycles. The topological polar surface area (TPSA) is 50.8 Å². The Morgan fingerprint density at radius 3 is 2.35 bits per heavy atom.